The van der Waals surface area contributed by atoms with Crippen LogP contribution in [0.4, 0.5) is 4.79 Å². The molecule has 0 saturated carbocycles. The number of aromatic nitrogens is 2. The van der Waals surface area contributed by atoms with Gasteiger partial charge < -0.3 is 19.9 Å². The lowest BCUT2D eigenvalue weighted by Gasteiger charge is -2.29. The van der Waals surface area contributed by atoms with Crippen molar-refractivity contribution in [2.75, 3.05) is 13.7 Å². The predicted molar refractivity (Wildman–Crippen MR) is 114 cm³/mol. The molecule has 30 heavy (non-hydrogen) atoms. The van der Waals surface area contributed by atoms with Gasteiger partial charge in [-0.3, -0.25) is 4.79 Å². The van der Waals surface area contributed by atoms with Gasteiger partial charge in [-0.05, 0) is 30.0 Å². The number of hydrogen-bond acceptors (Lipinski definition) is 5. The fraction of sp³-hybridized carbons (Fsp3) is 0.429. The van der Waals surface area contributed by atoms with E-state index >= 15 is 0 Å². The standard InChI is InChI=1S/C21H24BrN5O3/c1-12(2)18(26-21(29)30-3)20(28)27-11-13(9-23)8-17(27)19-24-10-16(25-19)14-4-6-15(22)7-5-14/h4-7,10,12-13,17-18H,8,11H2,1-3H3,(H,24,25)(H,26,29)/t13-,17+,18+/m1/s1. The maximum absolute atomic E-state index is 13.3. The monoisotopic (exact) mass is 473 g/mol. The molecule has 1 aromatic carbocycles. The Morgan fingerprint density at radius 1 is 1.37 bits per heavy atom. The van der Waals surface area contributed by atoms with Crippen LogP contribution in [0.2, 0.25) is 0 Å². The topological polar surface area (TPSA) is 111 Å². The molecular weight excluding hydrogens is 450 g/mol. The zero-order valence-corrected chi connectivity index (χ0v) is 18.6. The number of halogens is 1. The molecule has 2 heterocycles. The maximum atomic E-state index is 13.3. The number of likely N-dealkylation sites (tertiary alicyclic amines) is 1. The summed E-state index contributed by atoms with van der Waals surface area (Å²) in [6.45, 7) is 3.99. The number of hydrogen-bond donors (Lipinski definition) is 2. The highest BCUT2D eigenvalue weighted by Crippen LogP contribution is 2.35. The summed E-state index contributed by atoms with van der Waals surface area (Å²) in [7, 11) is 1.26. The summed E-state index contributed by atoms with van der Waals surface area (Å²) in [5, 5.41) is 12.1. The van der Waals surface area contributed by atoms with Crippen LogP contribution in [0.5, 0.6) is 0 Å². The Kier molecular flexibility index (Phi) is 6.77. The number of nitriles is 1. The average Bonchev–Trinajstić information content (AvgIpc) is 3.38. The van der Waals surface area contributed by atoms with Crippen molar-refractivity contribution in [1.82, 2.24) is 20.2 Å². The predicted octanol–water partition coefficient (Wildman–Crippen LogP) is 3.63. The number of nitrogens with one attached hydrogen (secondary N) is 2. The Labute approximate surface area is 183 Å². The van der Waals surface area contributed by atoms with Crippen LogP contribution in [0.3, 0.4) is 0 Å². The van der Waals surface area contributed by atoms with Crippen LogP contribution in [0.1, 0.15) is 32.1 Å². The van der Waals surface area contributed by atoms with E-state index in [9.17, 15) is 14.9 Å². The molecule has 1 saturated heterocycles. The van der Waals surface area contributed by atoms with E-state index in [0.29, 0.717) is 18.8 Å². The SMILES string of the molecule is COC(=O)N[C@H](C(=O)N1C[C@@H](C#N)C[C@H]1c1ncc(-c2ccc(Br)cc2)[nH]1)C(C)C. The first-order valence-corrected chi connectivity index (χ1v) is 10.5. The highest BCUT2D eigenvalue weighted by Gasteiger charge is 2.41. The van der Waals surface area contributed by atoms with Crippen LogP contribution in [-0.2, 0) is 9.53 Å². The van der Waals surface area contributed by atoms with E-state index in [4.69, 9.17) is 0 Å². The minimum atomic E-state index is -0.752. The van der Waals surface area contributed by atoms with Crippen molar-refractivity contribution in [1.29, 1.82) is 5.26 Å². The molecule has 3 atom stereocenters. The molecule has 0 spiro atoms. The van der Waals surface area contributed by atoms with Crippen molar-refractivity contribution in [2.45, 2.75) is 32.4 Å². The molecule has 0 radical (unpaired) electrons. The summed E-state index contributed by atoms with van der Waals surface area (Å²) in [5.74, 6) is -0.0706. The molecule has 1 fully saturated rings. The molecule has 1 aliphatic heterocycles. The number of carbonyl (C=O) groups is 2. The number of rotatable bonds is 5. The molecule has 0 unspecified atom stereocenters. The van der Waals surface area contributed by atoms with Gasteiger partial charge in [0.05, 0.1) is 37.0 Å². The van der Waals surface area contributed by atoms with Crippen LogP contribution in [-0.4, -0.2) is 46.6 Å². The van der Waals surface area contributed by atoms with E-state index in [0.717, 1.165) is 15.7 Å². The lowest BCUT2D eigenvalue weighted by atomic mass is 10.0. The van der Waals surface area contributed by atoms with Gasteiger partial charge in [0.1, 0.15) is 11.9 Å². The second-order valence-corrected chi connectivity index (χ2v) is 8.53. The number of amides is 2. The Morgan fingerprint density at radius 2 is 2.07 bits per heavy atom. The molecule has 1 aromatic heterocycles. The van der Waals surface area contributed by atoms with Gasteiger partial charge in [-0.1, -0.05) is 41.9 Å². The molecule has 8 nitrogen and oxygen atoms in total. The zero-order valence-electron chi connectivity index (χ0n) is 17.1. The van der Waals surface area contributed by atoms with Gasteiger partial charge in [-0.25, -0.2) is 9.78 Å². The van der Waals surface area contributed by atoms with Gasteiger partial charge in [-0.15, -0.1) is 0 Å². The molecule has 9 heteroatoms. The van der Waals surface area contributed by atoms with Crippen LogP contribution >= 0.6 is 15.9 Å². The number of H-pyrrole nitrogens is 1. The van der Waals surface area contributed by atoms with Crippen molar-refractivity contribution in [3.05, 3.63) is 40.8 Å². The minimum Gasteiger partial charge on any atom is -0.453 e. The van der Waals surface area contributed by atoms with Gasteiger partial charge in [0.2, 0.25) is 5.91 Å². The van der Waals surface area contributed by atoms with E-state index in [-0.39, 0.29) is 23.8 Å². The Morgan fingerprint density at radius 3 is 2.67 bits per heavy atom. The number of imidazole rings is 1. The minimum absolute atomic E-state index is 0.145. The third-order valence-corrected chi connectivity index (χ3v) is 5.75. The Hall–Kier alpha value is -2.86. The molecule has 2 aromatic rings. The third kappa shape index (κ3) is 4.65. The number of methoxy groups -OCH3 is 1. The number of ether oxygens (including phenoxy) is 1. The lowest BCUT2D eigenvalue weighted by Crippen LogP contribution is -2.51. The van der Waals surface area contributed by atoms with Crippen molar-refractivity contribution in [3.8, 4) is 17.3 Å². The van der Waals surface area contributed by atoms with E-state index in [1.165, 1.54) is 7.11 Å². The molecule has 2 amide bonds. The smallest absolute Gasteiger partial charge is 0.407 e. The average molecular weight is 474 g/mol. The van der Waals surface area contributed by atoms with Crippen LogP contribution < -0.4 is 5.32 Å². The second-order valence-electron chi connectivity index (χ2n) is 7.61. The summed E-state index contributed by atoms with van der Waals surface area (Å²) < 4.78 is 5.64. The highest BCUT2D eigenvalue weighted by molar-refractivity contribution is 9.10. The van der Waals surface area contributed by atoms with Crippen molar-refractivity contribution in [3.63, 3.8) is 0 Å². The number of benzene rings is 1. The molecule has 3 rings (SSSR count). The molecule has 0 aliphatic carbocycles. The number of aromatic amines is 1. The quantitative estimate of drug-likeness (QED) is 0.688. The molecule has 1 aliphatic rings. The first kappa shape index (κ1) is 21.8. The normalized spacial score (nSPS) is 19.4. The first-order valence-electron chi connectivity index (χ1n) is 9.69. The second kappa shape index (κ2) is 9.30. The van der Waals surface area contributed by atoms with Gasteiger partial charge in [0, 0.05) is 11.0 Å². The summed E-state index contributed by atoms with van der Waals surface area (Å²) in [6, 6.07) is 8.96. The fourth-order valence-corrected chi connectivity index (χ4v) is 3.86. The lowest BCUT2D eigenvalue weighted by molar-refractivity contribution is -0.135. The summed E-state index contributed by atoms with van der Waals surface area (Å²) in [5.41, 5.74) is 1.80. The zero-order chi connectivity index (χ0) is 21.8. The van der Waals surface area contributed by atoms with Gasteiger partial charge in [0.25, 0.3) is 0 Å². The summed E-state index contributed by atoms with van der Waals surface area (Å²) >= 11 is 3.42. The van der Waals surface area contributed by atoms with E-state index < -0.39 is 12.1 Å². The summed E-state index contributed by atoms with van der Waals surface area (Å²) in [4.78, 5) is 34.5. The third-order valence-electron chi connectivity index (χ3n) is 5.22. The maximum Gasteiger partial charge on any atom is 0.407 e. The van der Waals surface area contributed by atoms with Crippen LogP contribution in [0.25, 0.3) is 11.3 Å². The Balaban J connectivity index is 1.87. The van der Waals surface area contributed by atoms with E-state index in [1.807, 2.05) is 38.1 Å². The molecular formula is C21H24BrN5O3. The Bertz CT molecular complexity index is 950. The molecule has 0 bridgehead atoms. The number of carbonyl (C=O) groups excluding carboxylic acids is 2. The molecule has 2 N–H and O–H groups in total. The van der Waals surface area contributed by atoms with Crippen molar-refractivity contribution in [2.24, 2.45) is 11.8 Å². The van der Waals surface area contributed by atoms with Gasteiger partial charge in [-0.2, -0.15) is 5.26 Å². The van der Waals surface area contributed by atoms with Crippen molar-refractivity contribution >= 4 is 27.9 Å². The van der Waals surface area contributed by atoms with Gasteiger partial charge in [0.15, 0.2) is 0 Å². The first-order chi connectivity index (χ1) is 14.3. The van der Waals surface area contributed by atoms with Gasteiger partial charge >= 0.3 is 6.09 Å². The number of nitrogens with zero attached hydrogens (tertiary/aromatic N) is 3. The highest BCUT2D eigenvalue weighted by atomic mass is 79.9. The number of alkyl carbamates (subject to hydrolysis) is 1. The van der Waals surface area contributed by atoms with Crippen molar-refractivity contribution < 1.29 is 14.3 Å². The molecule has 158 valence electrons. The van der Waals surface area contributed by atoms with Crippen LogP contribution in [0, 0.1) is 23.2 Å². The van der Waals surface area contributed by atoms with E-state index in [1.54, 1.807) is 11.1 Å². The largest absolute Gasteiger partial charge is 0.453 e. The van der Waals surface area contributed by atoms with E-state index in [2.05, 4.69) is 42.0 Å². The summed E-state index contributed by atoms with van der Waals surface area (Å²) in [6.07, 6.45) is 1.55. The fourth-order valence-electron chi connectivity index (χ4n) is 3.59. The van der Waals surface area contributed by atoms with Crippen LogP contribution in [0.15, 0.2) is 34.9 Å².